The van der Waals surface area contributed by atoms with Crippen molar-refractivity contribution in [2.75, 3.05) is 17.2 Å². The number of hydrogen-bond donors (Lipinski definition) is 0. The van der Waals surface area contributed by atoms with Crippen LogP contribution in [0.1, 0.15) is 13.3 Å². The summed E-state index contributed by atoms with van der Waals surface area (Å²) in [6.07, 6.45) is 0.213. The lowest BCUT2D eigenvalue weighted by molar-refractivity contribution is -0.117. The second kappa shape index (κ2) is 6.38. The van der Waals surface area contributed by atoms with Gasteiger partial charge in [0.05, 0.1) is 0 Å². The van der Waals surface area contributed by atoms with Crippen LogP contribution in [0.5, 0.6) is 0 Å². The van der Waals surface area contributed by atoms with E-state index in [0.29, 0.717) is 9.32 Å². The first kappa shape index (κ1) is 15.7. The minimum atomic E-state index is -0.734. The van der Waals surface area contributed by atoms with E-state index in [1.807, 2.05) is 22.6 Å². The summed E-state index contributed by atoms with van der Waals surface area (Å²) in [4.78, 5) is 24.0. The summed E-state index contributed by atoms with van der Waals surface area (Å²) in [6, 6.07) is 2.40. The van der Waals surface area contributed by atoms with Crippen LogP contribution in [0.4, 0.5) is 14.5 Å². The van der Waals surface area contributed by atoms with Crippen LogP contribution in [-0.2, 0) is 9.59 Å². The predicted molar refractivity (Wildman–Crippen MR) is 82.7 cm³/mol. The van der Waals surface area contributed by atoms with Gasteiger partial charge in [-0.1, -0.05) is 11.8 Å². The molecule has 7 heteroatoms. The lowest BCUT2D eigenvalue weighted by Gasteiger charge is -2.18. The van der Waals surface area contributed by atoms with E-state index in [-0.39, 0.29) is 35.6 Å². The largest absolute Gasteiger partial charge is 0.307 e. The molecule has 1 saturated heterocycles. The Labute approximate surface area is 133 Å². The molecule has 3 nitrogen and oxygen atoms in total. The summed E-state index contributed by atoms with van der Waals surface area (Å²) >= 11 is 2.95. The molecule has 1 aromatic rings. The number of carbonyl (C=O) groups excluding carboxylic acids is 2. The van der Waals surface area contributed by atoms with Gasteiger partial charge in [0.25, 0.3) is 0 Å². The monoisotopic (exact) mass is 411 g/mol. The van der Waals surface area contributed by atoms with Crippen LogP contribution < -0.4 is 4.90 Å². The molecule has 1 amide bonds. The van der Waals surface area contributed by atoms with E-state index in [1.165, 1.54) is 19.1 Å². The zero-order valence-electron chi connectivity index (χ0n) is 10.7. The number of nitrogens with zero attached hydrogens (tertiary/aromatic N) is 1. The van der Waals surface area contributed by atoms with Gasteiger partial charge in [-0.3, -0.25) is 9.59 Å². The second-order valence-electron chi connectivity index (χ2n) is 4.60. The van der Waals surface area contributed by atoms with Crippen LogP contribution in [-0.4, -0.2) is 23.3 Å². The van der Waals surface area contributed by atoms with Gasteiger partial charge in [-0.25, -0.2) is 8.78 Å². The summed E-state index contributed by atoms with van der Waals surface area (Å²) in [7, 11) is 0. The molecular weight excluding hydrogens is 399 g/mol. The summed E-state index contributed by atoms with van der Waals surface area (Å²) in [5.41, 5.74) is -0.286. The Morgan fingerprint density at radius 3 is 2.60 bits per heavy atom. The molecule has 1 aliphatic heterocycles. The zero-order valence-corrected chi connectivity index (χ0v) is 13.6. The summed E-state index contributed by atoms with van der Waals surface area (Å²) in [5.74, 6) is -1.34. The molecular formula is C13H12F2INO2S. The number of amides is 1. The molecule has 1 aliphatic rings. The van der Waals surface area contributed by atoms with Crippen molar-refractivity contribution in [1.29, 1.82) is 0 Å². The molecule has 1 fully saturated rings. The Bertz CT molecular complexity index is 544. The van der Waals surface area contributed by atoms with E-state index in [2.05, 4.69) is 0 Å². The van der Waals surface area contributed by atoms with E-state index in [9.17, 15) is 18.4 Å². The van der Waals surface area contributed by atoms with Gasteiger partial charge in [0.1, 0.15) is 5.69 Å². The normalized spacial score (nSPS) is 18.7. The third kappa shape index (κ3) is 3.49. The number of anilines is 1. The Balaban J connectivity index is 2.18. The quantitative estimate of drug-likeness (QED) is 0.718. The lowest BCUT2D eigenvalue weighted by atomic mass is 10.1. The van der Waals surface area contributed by atoms with Gasteiger partial charge in [-0.05, 0) is 40.6 Å². The minimum absolute atomic E-state index is 0.0254. The SMILES string of the molecule is CC(=O)SCC1CC(=O)N(c2c(F)cc(I)cc2F)C1. The molecule has 0 bridgehead atoms. The molecule has 2 rings (SSSR count). The number of benzene rings is 1. The summed E-state index contributed by atoms with van der Waals surface area (Å²) < 4.78 is 28.2. The Morgan fingerprint density at radius 2 is 2.05 bits per heavy atom. The van der Waals surface area contributed by atoms with Crippen molar-refractivity contribution in [3.05, 3.63) is 27.3 Å². The standard InChI is InChI=1S/C13H12F2INO2S/c1-7(18)20-6-8-2-12(19)17(5-8)13-10(14)3-9(16)4-11(13)15/h3-4,8H,2,5-6H2,1H3. The van der Waals surface area contributed by atoms with Gasteiger partial charge in [0.15, 0.2) is 16.7 Å². The first-order chi connectivity index (χ1) is 9.38. The average molecular weight is 411 g/mol. The van der Waals surface area contributed by atoms with Crippen molar-refractivity contribution in [1.82, 2.24) is 0 Å². The predicted octanol–water partition coefficient (Wildman–Crippen LogP) is 3.20. The molecule has 0 aromatic heterocycles. The second-order valence-corrected chi connectivity index (χ2v) is 7.04. The fourth-order valence-electron chi connectivity index (χ4n) is 2.14. The van der Waals surface area contributed by atoms with Crippen molar-refractivity contribution in [2.24, 2.45) is 5.92 Å². The third-order valence-corrected chi connectivity index (χ3v) is 4.65. The molecule has 1 heterocycles. The first-order valence-electron chi connectivity index (χ1n) is 5.96. The molecule has 0 spiro atoms. The highest BCUT2D eigenvalue weighted by Crippen LogP contribution is 2.32. The molecule has 0 radical (unpaired) electrons. The Hall–Kier alpha value is -0.700. The van der Waals surface area contributed by atoms with Crippen LogP contribution in [0.2, 0.25) is 0 Å². The van der Waals surface area contributed by atoms with E-state index in [1.54, 1.807) is 0 Å². The maximum atomic E-state index is 13.9. The Kier molecular flexibility index (Phi) is 5.00. The maximum Gasteiger partial charge on any atom is 0.227 e. The lowest BCUT2D eigenvalue weighted by Crippen LogP contribution is -2.27. The van der Waals surface area contributed by atoms with Crippen molar-refractivity contribution in [3.63, 3.8) is 0 Å². The molecule has 0 saturated carbocycles. The zero-order chi connectivity index (χ0) is 14.9. The van der Waals surface area contributed by atoms with Crippen molar-refractivity contribution < 1.29 is 18.4 Å². The van der Waals surface area contributed by atoms with Gasteiger partial charge < -0.3 is 4.90 Å². The average Bonchev–Trinajstić information content (AvgIpc) is 2.67. The summed E-state index contributed by atoms with van der Waals surface area (Å²) in [5, 5.41) is -0.0254. The molecule has 1 atom stereocenters. The van der Waals surface area contributed by atoms with Crippen LogP contribution >= 0.6 is 34.4 Å². The van der Waals surface area contributed by atoms with Gasteiger partial charge in [0, 0.05) is 29.2 Å². The smallest absolute Gasteiger partial charge is 0.227 e. The molecule has 108 valence electrons. The van der Waals surface area contributed by atoms with Crippen LogP contribution in [0.15, 0.2) is 12.1 Å². The minimum Gasteiger partial charge on any atom is -0.307 e. The summed E-state index contributed by atoms with van der Waals surface area (Å²) in [6.45, 7) is 1.70. The number of rotatable bonds is 3. The molecule has 0 N–H and O–H groups in total. The van der Waals surface area contributed by atoms with Gasteiger partial charge in [-0.15, -0.1) is 0 Å². The highest BCUT2D eigenvalue weighted by atomic mass is 127. The van der Waals surface area contributed by atoms with E-state index in [0.717, 1.165) is 16.7 Å². The first-order valence-corrected chi connectivity index (χ1v) is 8.03. The fraction of sp³-hybridized carbons (Fsp3) is 0.385. The van der Waals surface area contributed by atoms with Crippen molar-refractivity contribution in [2.45, 2.75) is 13.3 Å². The number of thioether (sulfide) groups is 1. The molecule has 20 heavy (non-hydrogen) atoms. The maximum absolute atomic E-state index is 13.9. The number of halogens is 3. The topological polar surface area (TPSA) is 37.4 Å². The molecule has 1 unspecified atom stereocenters. The highest BCUT2D eigenvalue weighted by molar-refractivity contribution is 14.1. The number of carbonyl (C=O) groups is 2. The Morgan fingerprint density at radius 1 is 1.45 bits per heavy atom. The third-order valence-electron chi connectivity index (χ3n) is 2.98. The van der Waals surface area contributed by atoms with E-state index >= 15 is 0 Å². The van der Waals surface area contributed by atoms with Gasteiger partial charge >= 0.3 is 0 Å². The highest BCUT2D eigenvalue weighted by Gasteiger charge is 2.34. The van der Waals surface area contributed by atoms with Crippen LogP contribution in [0, 0.1) is 21.1 Å². The van der Waals surface area contributed by atoms with E-state index in [4.69, 9.17) is 0 Å². The van der Waals surface area contributed by atoms with Gasteiger partial charge in [0.2, 0.25) is 5.91 Å². The van der Waals surface area contributed by atoms with Crippen molar-refractivity contribution >= 4 is 51.1 Å². The molecule has 1 aromatic carbocycles. The van der Waals surface area contributed by atoms with Crippen molar-refractivity contribution in [3.8, 4) is 0 Å². The van der Waals surface area contributed by atoms with E-state index < -0.39 is 11.6 Å². The van der Waals surface area contributed by atoms with Gasteiger partial charge in [-0.2, -0.15) is 0 Å². The molecule has 0 aliphatic carbocycles. The van der Waals surface area contributed by atoms with Crippen LogP contribution in [0.3, 0.4) is 0 Å². The number of hydrogen-bond acceptors (Lipinski definition) is 3. The van der Waals surface area contributed by atoms with Crippen LogP contribution in [0.25, 0.3) is 0 Å². The fourth-order valence-corrected chi connectivity index (χ4v) is 3.38.